The van der Waals surface area contributed by atoms with Gasteiger partial charge in [-0.15, -0.1) is 12.4 Å². The Labute approximate surface area is 127 Å². The summed E-state index contributed by atoms with van der Waals surface area (Å²) in [5.74, 6) is 1.83. The summed E-state index contributed by atoms with van der Waals surface area (Å²) in [7, 11) is 0. The van der Waals surface area contributed by atoms with Crippen molar-refractivity contribution in [2.75, 3.05) is 25.2 Å². The minimum Gasteiger partial charge on any atom is -0.378 e. The Kier molecular flexibility index (Phi) is 9.87. The predicted octanol–water partition coefficient (Wildman–Crippen LogP) is 1.67. The van der Waals surface area contributed by atoms with Gasteiger partial charge in [-0.25, -0.2) is 0 Å². The topological polar surface area (TPSA) is 64.4 Å². The summed E-state index contributed by atoms with van der Waals surface area (Å²) in [4.78, 5) is 11.8. The lowest BCUT2D eigenvalue weighted by molar-refractivity contribution is -0.122. The van der Waals surface area contributed by atoms with Gasteiger partial charge in [-0.2, -0.15) is 11.8 Å². The van der Waals surface area contributed by atoms with Gasteiger partial charge in [-0.1, -0.05) is 13.8 Å². The van der Waals surface area contributed by atoms with Crippen molar-refractivity contribution in [3.63, 3.8) is 0 Å². The summed E-state index contributed by atoms with van der Waals surface area (Å²) < 4.78 is 5.70. The standard InChI is InChI=1S/C13H26N2O2S.ClH/c1-9(2)12-10(4-6-17-12)8-15-13(16)11(14)5-7-18-3;/h9-12H,4-8,14H2,1-3H3,(H,15,16);1H/t10?,11-,12?;/m0./s1. The summed E-state index contributed by atoms with van der Waals surface area (Å²) in [5, 5.41) is 2.96. The highest BCUT2D eigenvalue weighted by molar-refractivity contribution is 7.98. The Morgan fingerprint density at radius 3 is 2.79 bits per heavy atom. The van der Waals surface area contributed by atoms with Crippen LogP contribution in [0.25, 0.3) is 0 Å². The molecule has 1 amide bonds. The van der Waals surface area contributed by atoms with Crippen LogP contribution in [0.2, 0.25) is 0 Å². The fraction of sp³-hybridized carbons (Fsp3) is 0.923. The Morgan fingerprint density at radius 1 is 1.53 bits per heavy atom. The van der Waals surface area contributed by atoms with Gasteiger partial charge in [0.2, 0.25) is 5.91 Å². The third-order valence-electron chi connectivity index (χ3n) is 3.43. The maximum atomic E-state index is 11.8. The highest BCUT2D eigenvalue weighted by atomic mass is 35.5. The molecule has 4 nitrogen and oxygen atoms in total. The van der Waals surface area contributed by atoms with Crippen LogP contribution >= 0.6 is 24.2 Å². The predicted molar refractivity (Wildman–Crippen MR) is 83.9 cm³/mol. The molecule has 0 radical (unpaired) electrons. The molecule has 19 heavy (non-hydrogen) atoms. The van der Waals surface area contributed by atoms with E-state index in [4.69, 9.17) is 10.5 Å². The monoisotopic (exact) mass is 310 g/mol. The van der Waals surface area contributed by atoms with Crippen molar-refractivity contribution in [3.05, 3.63) is 0 Å². The molecule has 0 bridgehead atoms. The van der Waals surface area contributed by atoms with Gasteiger partial charge in [-0.05, 0) is 30.8 Å². The molecule has 1 fully saturated rings. The molecule has 6 heteroatoms. The number of thioether (sulfide) groups is 1. The normalized spacial score (nSPS) is 24.1. The van der Waals surface area contributed by atoms with Gasteiger partial charge in [-0.3, -0.25) is 4.79 Å². The van der Waals surface area contributed by atoms with E-state index in [1.165, 1.54) is 0 Å². The smallest absolute Gasteiger partial charge is 0.236 e. The lowest BCUT2D eigenvalue weighted by atomic mass is 9.93. The molecule has 1 aliphatic heterocycles. The summed E-state index contributed by atoms with van der Waals surface area (Å²) in [6, 6.07) is -0.378. The summed E-state index contributed by atoms with van der Waals surface area (Å²) >= 11 is 1.72. The van der Waals surface area contributed by atoms with Crippen LogP contribution in [0.3, 0.4) is 0 Å². The van der Waals surface area contributed by atoms with Crippen LogP contribution in [-0.4, -0.2) is 43.2 Å². The molecule has 0 aliphatic carbocycles. The third kappa shape index (κ3) is 6.34. The van der Waals surface area contributed by atoms with Crippen molar-refractivity contribution >= 4 is 30.1 Å². The van der Waals surface area contributed by atoms with E-state index < -0.39 is 0 Å². The molecule has 0 spiro atoms. The fourth-order valence-electron chi connectivity index (χ4n) is 2.35. The largest absolute Gasteiger partial charge is 0.378 e. The van der Waals surface area contributed by atoms with E-state index in [1.54, 1.807) is 11.8 Å². The van der Waals surface area contributed by atoms with E-state index in [-0.39, 0.29) is 30.5 Å². The molecule has 1 aliphatic rings. The van der Waals surface area contributed by atoms with Crippen molar-refractivity contribution < 1.29 is 9.53 Å². The lowest BCUT2D eigenvalue weighted by Gasteiger charge is -2.22. The van der Waals surface area contributed by atoms with Gasteiger partial charge in [0.25, 0.3) is 0 Å². The Bertz CT molecular complexity index is 267. The summed E-state index contributed by atoms with van der Waals surface area (Å²) in [6.07, 6.45) is 4.06. The van der Waals surface area contributed by atoms with Gasteiger partial charge in [0.15, 0.2) is 0 Å². The maximum absolute atomic E-state index is 11.8. The van der Waals surface area contributed by atoms with Crippen LogP contribution in [-0.2, 0) is 9.53 Å². The van der Waals surface area contributed by atoms with E-state index in [0.29, 0.717) is 18.4 Å². The molecular weight excluding hydrogens is 284 g/mol. The minimum atomic E-state index is -0.378. The molecule has 114 valence electrons. The second-order valence-electron chi connectivity index (χ2n) is 5.26. The number of hydrogen-bond donors (Lipinski definition) is 2. The van der Waals surface area contributed by atoms with E-state index in [1.807, 2.05) is 6.26 Å². The Hall–Kier alpha value is 0.0300. The molecule has 3 N–H and O–H groups in total. The van der Waals surface area contributed by atoms with Crippen molar-refractivity contribution in [2.24, 2.45) is 17.6 Å². The molecule has 3 atom stereocenters. The second-order valence-corrected chi connectivity index (χ2v) is 6.25. The van der Waals surface area contributed by atoms with Crippen LogP contribution in [0, 0.1) is 11.8 Å². The molecule has 2 unspecified atom stereocenters. The number of ether oxygens (including phenoxy) is 1. The number of amides is 1. The highest BCUT2D eigenvalue weighted by Crippen LogP contribution is 2.26. The zero-order valence-electron chi connectivity index (χ0n) is 12.1. The third-order valence-corrected chi connectivity index (χ3v) is 4.07. The summed E-state index contributed by atoms with van der Waals surface area (Å²) in [6.45, 7) is 5.82. The molecule has 0 aromatic carbocycles. The number of carbonyl (C=O) groups is 1. The van der Waals surface area contributed by atoms with Crippen LogP contribution in [0.5, 0.6) is 0 Å². The first-order chi connectivity index (χ1) is 8.56. The Morgan fingerprint density at radius 2 is 2.21 bits per heavy atom. The maximum Gasteiger partial charge on any atom is 0.236 e. The molecule has 1 heterocycles. The second kappa shape index (κ2) is 9.86. The SMILES string of the molecule is CSCC[C@H](N)C(=O)NCC1CCOC1C(C)C.Cl. The van der Waals surface area contributed by atoms with Crippen molar-refractivity contribution in [1.29, 1.82) is 0 Å². The first kappa shape index (κ1) is 19.0. The quantitative estimate of drug-likeness (QED) is 0.751. The number of nitrogens with one attached hydrogen (secondary N) is 1. The van der Waals surface area contributed by atoms with Crippen LogP contribution in [0.15, 0.2) is 0 Å². The molecule has 1 rings (SSSR count). The zero-order valence-corrected chi connectivity index (χ0v) is 13.7. The average Bonchev–Trinajstić information content (AvgIpc) is 2.81. The van der Waals surface area contributed by atoms with E-state index >= 15 is 0 Å². The van der Waals surface area contributed by atoms with Crippen LogP contribution in [0.1, 0.15) is 26.7 Å². The Balaban J connectivity index is 0.00000324. The van der Waals surface area contributed by atoms with E-state index in [9.17, 15) is 4.79 Å². The number of carbonyl (C=O) groups excluding carboxylic acids is 1. The van der Waals surface area contributed by atoms with Crippen LogP contribution < -0.4 is 11.1 Å². The van der Waals surface area contributed by atoms with Gasteiger partial charge < -0.3 is 15.8 Å². The highest BCUT2D eigenvalue weighted by Gasteiger charge is 2.31. The van der Waals surface area contributed by atoms with Crippen molar-refractivity contribution in [1.82, 2.24) is 5.32 Å². The lowest BCUT2D eigenvalue weighted by Crippen LogP contribution is -2.44. The molecule has 0 aromatic rings. The number of hydrogen-bond acceptors (Lipinski definition) is 4. The van der Waals surface area contributed by atoms with Gasteiger partial charge in [0, 0.05) is 19.1 Å². The average molecular weight is 311 g/mol. The van der Waals surface area contributed by atoms with Gasteiger partial charge in [0.05, 0.1) is 12.1 Å². The summed E-state index contributed by atoms with van der Waals surface area (Å²) in [5.41, 5.74) is 5.83. The zero-order chi connectivity index (χ0) is 13.5. The minimum absolute atomic E-state index is 0. The number of nitrogens with two attached hydrogens (primary N) is 1. The van der Waals surface area contributed by atoms with Crippen molar-refractivity contribution in [2.45, 2.75) is 38.8 Å². The van der Waals surface area contributed by atoms with E-state index in [2.05, 4.69) is 19.2 Å². The molecule has 0 saturated carbocycles. The molecule has 1 saturated heterocycles. The molecular formula is C13H27ClN2O2S. The molecule has 0 aromatic heterocycles. The number of rotatable bonds is 7. The van der Waals surface area contributed by atoms with Gasteiger partial charge in [0.1, 0.15) is 0 Å². The van der Waals surface area contributed by atoms with Crippen molar-refractivity contribution in [3.8, 4) is 0 Å². The fourth-order valence-corrected chi connectivity index (χ4v) is 2.84. The van der Waals surface area contributed by atoms with E-state index in [0.717, 1.165) is 25.2 Å². The number of halogens is 1. The van der Waals surface area contributed by atoms with Gasteiger partial charge >= 0.3 is 0 Å². The first-order valence-corrected chi connectivity index (χ1v) is 8.09. The first-order valence-electron chi connectivity index (χ1n) is 6.70. The van der Waals surface area contributed by atoms with Crippen LogP contribution in [0.4, 0.5) is 0 Å².